The average Bonchev–Trinajstić information content (AvgIpc) is 2.29. The van der Waals surface area contributed by atoms with Gasteiger partial charge >= 0.3 is 0 Å². The number of nitrogens with two attached hydrogens (primary N) is 1. The monoisotopic (exact) mass is 289 g/mol. The third-order valence-electron chi connectivity index (χ3n) is 2.46. The minimum atomic E-state index is -2.35. The first-order valence-electron chi connectivity index (χ1n) is 6.78. The molecule has 1 nitrogen and oxygen atoms in total. The average molecular weight is 289 g/mol. The van der Waals surface area contributed by atoms with Gasteiger partial charge in [-0.05, 0) is 56.4 Å². The number of thioether (sulfide) groups is 1. The first kappa shape index (κ1) is 18.4. The standard InChI is InChI=1S/C13H19F2NS.C2H6/c1-9-6-11(5-3-4-10(2)16)8-12(7-9)17-13(14)15;1-2/h6-8,10,13H,3-5,16H2,1-2H3;1-2H3/t10-;/m0./s1. The third kappa shape index (κ3) is 9.00. The van der Waals surface area contributed by atoms with E-state index in [-0.39, 0.29) is 6.04 Å². The summed E-state index contributed by atoms with van der Waals surface area (Å²) >= 11 is 0.608. The van der Waals surface area contributed by atoms with Gasteiger partial charge in [0.15, 0.2) is 0 Å². The van der Waals surface area contributed by atoms with Crippen molar-refractivity contribution in [3.8, 4) is 0 Å². The maximum Gasteiger partial charge on any atom is 0.288 e. The van der Waals surface area contributed by atoms with Crippen LogP contribution in [-0.4, -0.2) is 11.8 Å². The molecule has 0 aliphatic rings. The fourth-order valence-electron chi connectivity index (χ4n) is 1.77. The summed E-state index contributed by atoms with van der Waals surface area (Å²) in [5.74, 6) is -2.35. The lowest BCUT2D eigenvalue weighted by Gasteiger charge is -2.08. The molecule has 0 spiro atoms. The van der Waals surface area contributed by atoms with Crippen molar-refractivity contribution in [2.75, 3.05) is 0 Å². The highest BCUT2D eigenvalue weighted by molar-refractivity contribution is 7.99. The first-order valence-corrected chi connectivity index (χ1v) is 7.66. The lowest BCUT2D eigenvalue weighted by molar-refractivity contribution is 0.252. The predicted octanol–water partition coefficient (Wildman–Crippen LogP) is 5.01. The SMILES string of the molecule is CC.Cc1cc(CCC[C@H](C)N)cc(SC(F)F)c1. The molecule has 0 aliphatic carbocycles. The highest BCUT2D eigenvalue weighted by Crippen LogP contribution is 2.27. The molecule has 0 aliphatic heterocycles. The van der Waals surface area contributed by atoms with Crippen molar-refractivity contribution in [3.05, 3.63) is 29.3 Å². The minimum absolute atomic E-state index is 0.203. The topological polar surface area (TPSA) is 26.0 Å². The van der Waals surface area contributed by atoms with Crippen molar-refractivity contribution >= 4 is 11.8 Å². The normalized spacial score (nSPS) is 12.0. The second-order valence-electron chi connectivity index (χ2n) is 4.40. The molecule has 110 valence electrons. The lowest BCUT2D eigenvalue weighted by Crippen LogP contribution is -2.14. The Morgan fingerprint density at radius 1 is 1.21 bits per heavy atom. The first-order chi connectivity index (χ1) is 8.97. The molecular formula is C15H25F2NS. The van der Waals surface area contributed by atoms with Crippen LogP contribution in [0.25, 0.3) is 0 Å². The fourth-order valence-corrected chi connectivity index (χ4v) is 2.45. The number of benzene rings is 1. The van der Waals surface area contributed by atoms with E-state index in [0.717, 1.165) is 30.4 Å². The van der Waals surface area contributed by atoms with Crippen molar-refractivity contribution in [2.24, 2.45) is 5.73 Å². The van der Waals surface area contributed by atoms with Gasteiger partial charge in [0.05, 0.1) is 0 Å². The number of halogens is 2. The van der Waals surface area contributed by atoms with E-state index in [1.165, 1.54) is 0 Å². The molecule has 1 aromatic rings. The Kier molecular flexibility index (Phi) is 9.88. The molecular weight excluding hydrogens is 264 g/mol. The second-order valence-corrected chi connectivity index (χ2v) is 5.47. The van der Waals surface area contributed by atoms with Gasteiger partial charge in [-0.1, -0.05) is 31.7 Å². The Morgan fingerprint density at radius 2 is 1.84 bits per heavy atom. The summed E-state index contributed by atoms with van der Waals surface area (Å²) in [4.78, 5) is 0.649. The molecule has 1 rings (SSSR count). The van der Waals surface area contributed by atoms with Crippen LogP contribution < -0.4 is 5.73 Å². The van der Waals surface area contributed by atoms with Crippen LogP contribution in [0.1, 0.15) is 44.7 Å². The van der Waals surface area contributed by atoms with Crippen LogP contribution in [0.3, 0.4) is 0 Å². The van der Waals surface area contributed by atoms with E-state index < -0.39 is 5.76 Å². The number of hydrogen-bond acceptors (Lipinski definition) is 2. The van der Waals surface area contributed by atoms with Crippen molar-refractivity contribution in [3.63, 3.8) is 0 Å². The van der Waals surface area contributed by atoms with Crippen LogP contribution in [0.4, 0.5) is 8.78 Å². The minimum Gasteiger partial charge on any atom is -0.328 e. The van der Waals surface area contributed by atoms with Gasteiger partial charge in [0.2, 0.25) is 0 Å². The Bertz CT molecular complexity index is 354. The highest BCUT2D eigenvalue weighted by Gasteiger charge is 2.07. The fraction of sp³-hybridized carbons (Fsp3) is 0.600. The van der Waals surface area contributed by atoms with Gasteiger partial charge in [-0.3, -0.25) is 0 Å². The molecule has 0 amide bonds. The summed E-state index contributed by atoms with van der Waals surface area (Å²) in [6, 6.07) is 5.91. The predicted molar refractivity (Wildman–Crippen MR) is 81.0 cm³/mol. The highest BCUT2D eigenvalue weighted by atomic mass is 32.2. The molecule has 1 atom stereocenters. The Hall–Kier alpha value is -0.610. The van der Waals surface area contributed by atoms with Gasteiger partial charge in [0.1, 0.15) is 0 Å². The molecule has 0 aromatic heterocycles. The van der Waals surface area contributed by atoms with Crippen molar-refractivity contribution in [1.29, 1.82) is 0 Å². The van der Waals surface area contributed by atoms with Crippen LogP contribution in [-0.2, 0) is 6.42 Å². The third-order valence-corrected chi connectivity index (χ3v) is 3.15. The molecule has 4 heteroatoms. The molecule has 0 fully saturated rings. The molecule has 0 heterocycles. The molecule has 0 saturated carbocycles. The summed E-state index contributed by atoms with van der Waals surface area (Å²) in [6.45, 7) is 7.92. The van der Waals surface area contributed by atoms with Gasteiger partial charge in [0, 0.05) is 10.9 Å². The summed E-state index contributed by atoms with van der Waals surface area (Å²) in [7, 11) is 0. The van der Waals surface area contributed by atoms with Crippen LogP contribution in [0.2, 0.25) is 0 Å². The van der Waals surface area contributed by atoms with E-state index in [1.807, 2.05) is 33.8 Å². The van der Waals surface area contributed by atoms with Gasteiger partial charge in [0.25, 0.3) is 5.76 Å². The van der Waals surface area contributed by atoms with Crippen LogP contribution in [0.15, 0.2) is 23.1 Å². The van der Waals surface area contributed by atoms with Gasteiger partial charge in [-0.25, -0.2) is 0 Å². The maximum atomic E-state index is 12.3. The Morgan fingerprint density at radius 3 is 2.37 bits per heavy atom. The van der Waals surface area contributed by atoms with E-state index in [9.17, 15) is 8.78 Å². The zero-order valence-electron chi connectivity index (χ0n) is 12.2. The molecule has 0 bridgehead atoms. The van der Waals surface area contributed by atoms with Crippen LogP contribution >= 0.6 is 11.8 Å². The zero-order valence-corrected chi connectivity index (χ0v) is 13.1. The molecule has 0 unspecified atom stereocenters. The number of aryl methyl sites for hydroxylation is 2. The summed E-state index contributed by atoms with van der Waals surface area (Å²) in [5.41, 5.74) is 7.83. The van der Waals surface area contributed by atoms with E-state index in [1.54, 1.807) is 6.07 Å². The van der Waals surface area contributed by atoms with Crippen molar-refractivity contribution in [1.82, 2.24) is 0 Å². The van der Waals surface area contributed by atoms with E-state index in [0.29, 0.717) is 16.7 Å². The van der Waals surface area contributed by atoms with Crippen LogP contribution in [0, 0.1) is 6.92 Å². The summed E-state index contributed by atoms with van der Waals surface area (Å²) in [6.07, 6.45) is 2.87. The van der Waals surface area contributed by atoms with Gasteiger partial charge < -0.3 is 5.73 Å². The summed E-state index contributed by atoms with van der Waals surface area (Å²) in [5, 5.41) is 0. The van der Waals surface area contributed by atoms with E-state index in [4.69, 9.17) is 5.73 Å². The number of rotatable bonds is 6. The largest absolute Gasteiger partial charge is 0.328 e. The lowest BCUT2D eigenvalue weighted by atomic mass is 10.0. The number of hydrogen-bond donors (Lipinski definition) is 1. The Labute approximate surface area is 120 Å². The van der Waals surface area contributed by atoms with E-state index in [2.05, 4.69) is 6.07 Å². The van der Waals surface area contributed by atoms with Crippen LogP contribution in [0.5, 0.6) is 0 Å². The smallest absolute Gasteiger partial charge is 0.288 e. The molecule has 1 aromatic carbocycles. The quantitative estimate of drug-likeness (QED) is 0.745. The molecule has 19 heavy (non-hydrogen) atoms. The Balaban J connectivity index is 0.00000154. The second kappa shape index (κ2) is 10.2. The van der Waals surface area contributed by atoms with Crippen molar-refractivity contribution < 1.29 is 8.78 Å². The maximum absolute atomic E-state index is 12.3. The molecule has 0 radical (unpaired) electrons. The molecule has 2 N–H and O–H groups in total. The van der Waals surface area contributed by atoms with Crippen molar-refractivity contribution in [2.45, 2.75) is 63.7 Å². The van der Waals surface area contributed by atoms with Gasteiger partial charge in [-0.2, -0.15) is 8.78 Å². The molecule has 0 saturated heterocycles. The zero-order chi connectivity index (χ0) is 14.8. The summed E-state index contributed by atoms with van der Waals surface area (Å²) < 4.78 is 24.6. The number of alkyl halides is 2. The van der Waals surface area contributed by atoms with Gasteiger partial charge in [-0.15, -0.1) is 0 Å². The van der Waals surface area contributed by atoms with E-state index >= 15 is 0 Å².